The third-order valence-corrected chi connectivity index (χ3v) is 6.37. The monoisotopic (exact) mass is 410 g/mol. The molecule has 1 atom stereocenters. The first kappa shape index (κ1) is 18.2. The zero-order chi connectivity index (χ0) is 19.8. The van der Waals surface area contributed by atoms with Crippen molar-refractivity contribution in [1.29, 1.82) is 0 Å². The maximum absolute atomic E-state index is 12.6. The van der Waals surface area contributed by atoms with E-state index in [0.29, 0.717) is 30.5 Å². The first-order valence-corrected chi connectivity index (χ1v) is 10.8. The number of rotatable bonds is 5. The molecule has 7 nitrogen and oxygen atoms in total. The molecule has 1 aliphatic carbocycles. The number of para-hydroxylation sites is 1. The van der Waals surface area contributed by atoms with Crippen molar-refractivity contribution in [2.24, 2.45) is 0 Å². The van der Waals surface area contributed by atoms with Crippen LogP contribution in [0, 0.1) is 0 Å². The highest BCUT2D eigenvalue weighted by molar-refractivity contribution is 7.21. The van der Waals surface area contributed by atoms with E-state index in [2.05, 4.69) is 15.6 Å². The summed E-state index contributed by atoms with van der Waals surface area (Å²) < 4.78 is 6.99. The van der Waals surface area contributed by atoms with Crippen molar-refractivity contribution in [2.45, 2.75) is 44.3 Å². The molecule has 0 spiro atoms. The summed E-state index contributed by atoms with van der Waals surface area (Å²) in [5.41, 5.74) is 0.948. The van der Waals surface area contributed by atoms with Crippen LogP contribution in [0.15, 0.2) is 40.8 Å². The maximum Gasteiger partial charge on any atom is 0.318 e. The average molecular weight is 410 g/mol. The first-order valence-electron chi connectivity index (χ1n) is 9.97. The SMILES string of the molecule is O=C(NC1CC1)C1CCCN1C(=O)NCc1ccc(-c2nc3ccccc3s2)o1. The lowest BCUT2D eigenvalue weighted by Gasteiger charge is -2.24. The summed E-state index contributed by atoms with van der Waals surface area (Å²) in [4.78, 5) is 31.2. The number of likely N-dealkylation sites (tertiary alicyclic amines) is 1. The van der Waals surface area contributed by atoms with E-state index in [1.165, 1.54) is 0 Å². The van der Waals surface area contributed by atoms with Crippen LogP contribution in [0.3, 0.4) is 0 Å². The van der Waals surface area contributed by atoms with Crippen molar-refractivity contribution in [1.82, 2.24) is 20.5 Å². The zero-order valence-electron chi connectivity index (χ0n) is 15.9. The summed E-state index contributed by atoms with van der Waals surface area (Å²) in [5, 5.41) is 6.70. The molecule has 3 heterocycles. The summed E-state index contributed by atoms with van der Waals surface area (Å²) in [6.45, 7) is 0.876. The summed E-state index contributed by atoms with van der Waals surface area (Å²) in [6, 6.07) is 11.4. The fourth-order valence-electron chi connectivity index (χ4n) is 3.64. The smallest absolute Gasteiger partial charge is 0.318 e. The summed E-state index contributed by atoms with van der Waals surface area (Å²) in [6.07, 6.45) is 3.65. The van der Waals surface area contributed by atoms with E-state index in [0.717, 1.165) is 34.5 Å². The standard InChI is InChI=1S/C21H22N4O3S/c26-19(23-13-7-8-13)16-5-3-11-25(16)21(27)22-12-14-9-10-17(28-14)20-24-15-4-1-2-6-18(15)29-20/h1-2,4,6,9-10,13,16H,3,5,7-8,11-12H2,(H,22,27)(H,23,26). The molecule has 1 aliphatic heterocycles. The Morgan fingerprint density at radius 2 is 2.03 bits per heavy atom. The Morgan fingerprint density at radius 3 is 2.86 bits per heavy atom. The molecule has 1 saturated carbocycles. The number of carbonyl (C=O) groups excluding carboxylic acids is 2. The van der Waals surface area contributed by atoms with E-state index in [4.69, 9.17) is 4.42 Å². The molecular weight excluding hydrogens is 388 g/mol. The highest BCUT2D eigenvalue weighted by Gasteiger charge is 2.36. The lowest BCUT2D eigenvalue weighted by molar-refractivity contribution is -0.124. The molecule has 150 valence electrons. The van der Waals surface area contributed by atoms with Gasteiger partial charge in [-0.1, -0.05) is 12.1 Å². The molecule has 2 aromatic heterocycles. The number of hydrogen-bond donors (Lipinski definition) is 2. The van der Waals surface area contributed by atoms with E-state index in [-0.39, 0.29) is 24.5 Å². The van der Waals surface area contributed by atoms with Crippen LogP contribution in [0.4, 0.5) is 4.79 Å². The number of benzene rings is 1. The molecule has 8 heteroatoms. The summed E-state index contributed by atoms with van der Waals surface area (Å²) >= 11 is 1.58. The first-order chi connectivity index (χ1) is 14.2. The lowest BCUT2D eigenvalue weighted by atomic mass is 10.2. The quantitative estimate of drug-likeness (QED) is 0.674. The average Bonchev–Trinajstić information content (AvgIpc) is 3.17. The summed E-state index contributed by atoms with van der Waals surface area (Å²) in [5.74, 6) is 1.32. The van der Waals surface area contributed by atoms with Crippen LogP contribution in [-0.4, -0.2) is 40.5 Å². The molecule has 0 radical (unpaired) electrons. The van der Waals surface area contributed by atoms with E-state index in [9.17, 15) is 9.59 Å². The summed E-state index contributed by atoms with van der Waals surface area (Å²) in [7, 11) is 0. The van der Waals surface area contributed by atoms with Crippen LogP contribution in [0.5, 0.6) is 0 Å². The van der Waals surface area contributed by atoms with Gasteiger partial charge in [-0.15, -0.1) is 11.3 Å². The van der Waals surface area contributed by atoms with Gasteiger partial charge < -0.3 is 20.0 Å². The predicted octanol–water partition coefficient (Wildman–Crippen LogP) is 3.51. The number of furan rings is 1. The number of amides is 3. The molecule has 0 bridgehead atoms. The minimum atomic E-state index is -0.370. The van der Waals surface area contributed by atoms with E-state index < -0.39 is 0 Å². The van der Waals surface area contributed by atoms with Gasteiger partial charge >= 0.3 is 6.03 Å². The molecule has 1 aromatic carbocycles. The van der Waals surface area contributed by atoms with Crippen molar-refractivity contribution in [3.63, 3.8) is 0 Å². The Kier molecular flexibility index (Phi) is 4.71. The molecule has 2 fully saturated rings. The van der Waals surface area contributed by atoms with Crippen LogP contribution in [-0.2, 0) is 11.3 Å². The van der Waals surface area contributed by atoms with Gasteiger partial charge in [0.2, 0.25) is 5.91 Å². The van der Waals surface area contributed by atoms with Gasteiger partial charge in [-0.25, -0.2) is 9.78 Å². The van der Waals surface area contributed by atoms with Gasteiger partial charge in [-0.2, -0.15) is 0 Å². The van der Waals surface area contributed by atoms with Crippen molar-refractivity contribution >= 4 is 33.5 Å². The van der Waals surface area contributed by atoms with Crippen molar-refractivity contribution in [3.05, 3.63) is 42.2 Å². The van der Waals surface area contributed by atoms with Gasteiger partial charge in [-0.3, -0.25) is 4.79 Å². The van der Waals surface area contributed by atoms with E-state index >= 15 is 0 Å². The van der Waals surface area contributed by atoms with E-state index in [1.54, 1.807) is 16.2 Å². The minimum absolute atomic E-state index is 0.0312. The van der Waals surface area contributed by atoms with Gasteiger partial charge in [0.25, 0.3) is 0 Å². The zero-order valence-corrected chi connectivity index (χ0v) is 16.7. The second kappa shape index (κ2) is 7.51. The van der Waals surface area contributed by atoms with E-state index in [1.807, 2.05) is 36.4 Å². The minimum Gasteiger partial charge on any atom is -0.457 e. The maximum atomic E-state index is 12.6. The number of thiazole rings is 1. The van der Waals surface area contributed by atoms with Crippen molar-refractivity contribution in [3.8, 4) is 10.8 Å². The normalized spacial score (nSPS) is 18.9. The van der Waals surface area contributed by atoms with Gasteiger partial charge in [0.1, 0.15) is 11.8 Å². The van der Waals surface area contributed by atoms with Crippen molar-refractivity contribution in [2.75, 3.05) is 6.54 Å². The fourth-order valence-corrected chi connectivity index (χ4v) is 4.56. The highest BCUT2D eigenvalue weighted by atomic mass is 32.1. The second-order valence-corrected chi connectivity index (χ2v) is 8.58. The van der Waals surface area contributed by atoms with Crippen LogP contribution in [0.1, 0.15) is 31.4 Å². The molecular formula is C21H22N4O3S. The van der Waals surface area contributed by atoms with Crippen LogP contribution in [0.25, 0.3) is 21.0 Å². The van der Waals surface area contributed by atoms with Gasteiger partial charge in [0, 0.05) is 12.6 Å². The number of carbonyl (C=O) groups is 2. The number of hydrogen-bond acceptors (Lipinski definition) is 5. The molecule has 2 N–H and O–H groups in total. The predicted molar refractivity (Wildman–Crippen MR) is 110 cm³/mol. The van der Waals surface area contributed by atoms with Crippen LogP contribution in [0.2, 0.25) is 0 Å². The Hall–Kier alpha value is -2.87. The Balaban J connectivity index is 1.21. The van der Waals surface area contributed by atoms with Crippen molar-refractivity contribution < 1.29 is 14.0 Å². The molecule has 2 aliphatic rings. The highest BCUT2D eigenvalue weighted by Crippen LogP contribution is 2.31. The van der Waals surface area contributed by atoms with Crippen LogP contribution < -0.4 is 10.6 Å². The topological polar surface area (TPSA) is 87.5 Å². The molecule has 29 heavy (non-hydrogen) atoms. The number of nitrogens with one attached hydrogen (secondary N) is 2. The van der Waals surface area contributed by atoms with Gasteiger partial charge in [0.15, 0.2) is 10.8 Å². The number of urea groups is 1. The third-order valence-electron chi connectivity index (χ3n) is 5.32. The number of aromatic nitrogens is 1. The molecule has 1 unspecified atom stereocenters. The number of fused-ring (bicyclic) bond motifs is 1. The Morgan fingerprint density at radius 1 is 1.17 bits per heavy atom. The van der Waals surface area contributed by atoms with Gasteiger partial charge in [0.05, 0.1) is 16.8 Å². The largest absolute Gasteiger partial charge is 0.457 e. The van der Waals surface area contributed by atoms with Crippen LogP contribution >= 0.6 is 11.3 Å². The molecule has 5 rings (SSSR count). The Bertz CT molecular complexity index is 1020. The number of nitrogens with zero attached hydrogens (tertiary/aromatic N) is 2. The van der Waals surface area contributed by atoms with Gasteiger partial charge in [-0.05, 0) is 49.9 Å². The molecule has 1 saturated heterocycles. The fraction of sp³-hybridized carbons (Fsp3) is 0.381. The second-order valence-electron chi connectivity index (χ2n) is 7.55. The lowest BCUT2D eigenvalue weighted by Crippen LogP contribution is -2.49. The Labute approximate surface area is 172 Å². The molecule has 3 aromatic rings. The third kappa shape index (κ3) is 3.85. The molecule has 3 amide bonds.